The average Bonchev–Trinajstić information content (AvgIpc) is 1.59. The Labute approximate surface area is 56.1 Å². The zero-order chi connectivity index (χ0) is 6.62. The van der Waals surface area contributed by atoms with Crippen LogP contribution in [0.3, 0.4) is 0 Å². The van der Waals surface area contributed by atoms with Crippen LogP contribution in [0.1, 0.15) is 40.0 Å². The number of rotatable bonds is 3. The van der Waals surface area contributed by atoms with Crippen molar-refractivity contribution >= 4 is 10.2 Å². The lowest BCUT2D eigenvalue weighted by atomic mass is 10.1. The van der Waals surface area contributed by atoms with Gasteiger partial charge in [0.1, 0.15) is 0 Å². The van der Waals surface area contributed by atoms with Gasteiger partial charge in [0.05, 0.1) is 0 Å². The molecule has 0 bridgehead atoms. The number of unbranched alkanes of at least 4 members (excludes halogenated alkanes) is 1. The molecule has 0 unspecified atom stereocenters. The van der Waals surface area contributed by atoms with Crippen LogP contribution in [0.5, 0.6) is 0 Å². The normalized spacial score (nSPS) is 12.4. The lowest BCUT2D eigenvalue weighted by molar-refractivity contribution is 0.571. The first-order valence-electron chi connectivity index (χ1n) is 3.56. The summed E-state index contributed by atoms with van der Waals surface area (Å²) in [4.78, 5) is 0. The Balaban J connectivity index is 3.11. The summed E-state index contributed by atoms with van der Waals surface area (Å²) in [6, 6.07) is 0. The van der Waals surface area contributed by atoms with E-state index in [1.807, 2.05) is 0 Å². The van der Waals surface area contributed by atoms with Crippen molar-refractivity contribution in [3.8, 4) is 0 Å². The van der Waals surface area contributed by atoms with Crippen molar-refractivity contribution < 1.29 is 0 Å². The maximum absolute atomic E-state index is 2.36. The fraction of sp³-hybridized carbons (Fsp3) is 1.00. The van der Waals surface area contributed by atoms with E-state index in [9.17, 15) is 0 Å². The van der Waals surface area contributed by atoms with Gasteiger partial charge in [0.2, 0.25) is 0 Å². The molecule has 8 heavy (non-hydrogen) atoms. The first-order chi connectivity index (χ1) is 3.56. The second-order valence-electron chi connectivity index (χ2n) is 3.66. The summed E-state index contributed by atoms with van der Waals surface area (Å²) in [5, 5.41) is 0.690. The van der Waals surface area contributed by atoms with Gasteiger partial charge < -0.3 is 0 Å². The Hall–Kier alpha value is 0.217. The first kappa shape index (κ1) is 8.22. The van der Waals surface area contributed by atoms with Gasteiger partial charge in [0.15, 0.2) is 0 Å². The van der Waals surface area contributed by atoms with Crippen molar-refractivity contribution in [2.45, 2.75) is 45.1 Å². The number of hydrogen-bond donors (Lipinski definition) is 0. The van der Waals surface area contributed by atoms with Crippen LogP contribution in [0.15, 0.2) is 0 Å². The maximum atomic E-state index is 2.36. The van der Waals surface area contributed by atoms with Gasteiger partial charge in [0.25, 0.3) is 0 Å². The zero-order valence-electron chi connectivity index (χ0n) is 6.62. The van der Waals surface area contributed by atoms with E-state index in [-0.39, 0.29) is 0 Å². The zero-order valence-corrected chi connectivity index (χ0v) is 8.62. The number of hydrogen-bond acceptors (Lipinski definition) is 0. The van der Waals surface area contributed by atoms with E-state index in [0.29, 0.717) is 5.04 Å². The Bertz CT molecular complexity index is 51.9. The van der Waals surface area contributed by atoms with Crippen LogP contribution in [0.4, 0.5) is 0 Å². The van der Waals surface area contributed by atoms with E-state index in [2.05, 4.69) is 20.8 Å². The van der Waals surface area contributed by atoms with E-state index < -0.39 is 0 Å². The predicted molar refractivity (Wildman–Crippen MR) is 43.5 cm³/mol. The van der Waals surface area contributed by atoms with Crippen molar-refractivity contribution in [3.63, 3.8) is 0 Å². The van der Waals surface area contributed by atoms with Gasteiger partial charge in [-0.3, -0.25) is 0 Å². The lowest BCUT2D eigenvalue weighted by Gasteiger charge is -2.16. The van der Waals surface area contributed by atoms with E-state index >= 15 is 0 Å². The monoisotopic (exact) mass is 130 g/mol. The van der Waals surface area contributed by atoms with Crippen LogP contribution in [-0.2, 0) is 0 Å². The van der Waals surface area contributed by atoms with Crippen LogP contribution in [0.2, 0.25) is 5.04 Å². The molecule has 0 spiro atoms. The van der Waals surface area contributed by atoms with Crippen molar-refractivity contribution in [2.75, 3.05) is 0 Å². The summed E-state index contributed by atoms with van der Waals surface area (Å²) in [6.45, 7) is 6.97. The average molecular weight is 130 g/mol. The molecule has 0 aliphatic heterocycles. The van der Waals surface area contributed by atoms with Gasteiger partial charge in [-0.1, -0.05) is 40.0 Å². The molecular formula is C7H18Si. The second kappa shape index (κ2) is 3.28. The fourth-order valence-corrected chi connectivity index (χ4v) is 1.06. The smallest absolute Gasteiger partial charge is 0.00994 e. The first-order valence-corrected chi connectivity index (χ1v) is 4.56. The fourth-order valence-electron chi connectivity index (χ4n) is 0.707. The van der Waals surface area contributed by atoms with E-state index in [1.54, 1.807) is 0 Å². The molecule has 0 radical (unpaired) electrons. The Morgan fingerprint density at radius 1 is 1.38 bits per heavy atom. The largest absolute Gasteiger partial charge is 0.0654 e. The molecule has 0 saturated carbocycles. The summed E-state index contributed by atoms with van der Waals surface area (Å²) in [7, 11) is 1.34. The molecule has 0 heterocycles. The minimum atomic E-state index is 0.690. The molecule has 0 aromatic heterocycles. The summed E-state index contributed by atoms with van der Waals surface area (Å²) < 4.78 is 0. The summed E-state index contributed by atoms with van der Waals surface area (Å²) >= 11 is 0. The van der Waals surface area contributed by atoms with Crippen molar-refractivity contribution in [1.29, 1.82) is 0 Å². The molecule has 0 atom stereocenters. The van der Waals surface area contributed by atoms with Gasteiger partial charge in [-0.25, -0.2) is 0 Å². The minimum Gasteiger partial charge on any atom is -0.0654 e. The molecule has 0 N–H and O–H groups in total. The van der Waals surface area contributed by atoms with Crippen LogP contribution in [0.25, 0.3) is 0 Å². The van der Waals surface area contributed by atoms with E-state index in [4.69, 9.17) is 0 Å². The molecular weight excluding hydrogens is 112 g/mol. The lowest BCUT2D eigenvalue weighted by Crippen LogP contribution is -2.00. The molecule has 0 amide bonds. The minimum absolute atomic E-state index is 0.690. The molecule has 0 aliphatic carbocycles. The van der Waals surface area contributed by atoms with Crippen LogP contribution < -0.4 is 0 Å². The van der Waals surface area contributed by atoms with Crippen molar-refractivity contribution in [3.05, 3.63) is 0 Å². The van der Waals surface area contributed by atoms with Crippen LogP contribution >= 0.6 is 0 Å². The van der Waals surface area contributed by atoms with Gasteiger partial charge in [0, 0.05) is 10.2 Å². The highest BCUT2D eigenvalue weighted by Gasteiger charge is 2.07. The molecule has 0 fully saturated rings. The third-order valence-corrected chi connectivity index (χ3v) is 1.78. The van der Waals surface area contributed by atoms with E-state index in [0.717, 1.165) is 0 Å². The highest BCUT2D eigenvalue weighted by Crippen LogP contribution is 2.25. The van der Waals surface area contributed by atoms with Crippen molar-refractivity contribution in [1.82, 2.24) is 0 Å². The summed E-state index contributed by atoms with van der Waals surface area (Å²) in [6.07, 6.45) is 4.19. The summed E-state index contributed by atoms with van der Waals surface area (Å²) in [5.74, 6) is 0. The second-order valence-corrected chi connectivity index (χ2v) is 6.37. The van der Waals surface area contributed by atoms with Gasteiger partial charge in [-0.05, 0) is 5.04 Å². The Morgan fingerprint density at radius 3 is 2.00 bits per heavy atom. The van der Waals surface area contributed by atoms with E-state index in [1.165, 1.54) is 29.5 Å². The molecule has 50 valence electrons. The standard InChI is InChI=1S/C7H18Si/c1-4-5-6-7(2,3)8/h4-6H2,1-3,8H3. The van der Waals surface area contributed by atoms with Gasteiger partial charge >= 0.3 is 0 Å². The Morgan fingerprint density at radius 2 is 1.88 bits per heavy atom. The quantitative estimate of drug-likeness (QED) is 0.511. The highest BCUT2D eigenvalue weighted by molar-refractivity contribution is 6.14. The maximum Gasteiger partial charge on any atom is 0.00994 e. The molecule has 0 aromatic carbocycles. The topological polar surface area (TPSA) is 0 Å². The molecule has 0 aliphatic rings. The van der Waals surface area contributed by atoms with Gasteiger partial charge in [-0.15, -0.1) is 0 Å². The van der Waals surface area contributed by atoms with Crippen LogP contribution in [0, 0.1) is 0 Å². The SMILES string of the molecule is CCCCC(C)(C)[SiH3]. The molecule has 0 aromatic rings. The van der Waals surface area contributed by atoms with Gasteiger partial charge in [-0.2, -0.15) is 0 Å². The third kappa shape index (κ3) is 6.22. The van der Waals surface area contributed by atoms with Crippen molar-refractivity contribution in [2.24, 2.45) is 0 Å². The van der Waals surface area contributed by atoms with Crippen LogP contribution in [-0.4, -0.2) is 10.2 Å². The molecule has 1 heteroatoms. The predicted octanol–water partition coefficient (Wildman–Crippen LogP) is 1.74. The Kier molecular flexibility index (Phi) is 3.37. The highest BCUT2D eigenvalue weighted by atomic mass is 28.1. The molecule has 0 rings (SSSR count). The summed E-state index contributed by atoms with van der Waals surface area (Å²) in [5.41, 5.74) is 0. The molecule has 0 nitrogen and oxygen atoms in total. The third-order valence-electron chi connectivity index (χ3n) is 1.28. The molecule has 0 saturated heterocycles.